The average Bonchev–Trinajstić information content (AvgIpc) is 3.47. The number of hydrogen-bond donors (Lipinski definition) is 2. The lowest BCUT2D eigenvalue weighted by Crippen LogP contribution is -2.25. The van der Waals surface area contributed by atoms with E-state index < -0.39 is 0 Å². The molecule has 7 heteroatoms. The summed E-state index contributed by atoms with van der Waals surface area (Å²) in [7, 11) is 0. The number of aldehydes is 1. The second kappa shape index (κ2) is 7.35. The van der Waals surface area contributed by atoms with Crippen molar-refractivity contribution in [3.63, 3.8) is 0 Å². The zero-order valence-corrected chi connectivity index (χ0v) is 15.9. The summed E-state index contributed by atoms with van der Waals surface area (Å²) in [6.07, 6.45) is 4.17. The van der Waals surface area contributed by atoms with Gasteiger partial charge in [0.15, 0.2) is 5.69 Å². The van der Waals surface area contributed by atoms with E-state index in [1.54, 1.807) is 34.9 Å². The standard InChI is InChI=1S/C22H20N4O3/c1-13-5-6-16(22(29)25-17-7-8-17)10-18(13)26-12-24-19(21(26)23)20(28)15-4-2-3-14(9-15)11-27/h2-6,9-12,17H,7-8,23H2,1H3,(H,25,29). The van der Waals surface area contributed by atoms with Gasteiger partial charge in [-0.15, -0.1) is 0 Å². The third-order valence-electron chi connectivity index (χ3n) is 4.95. The highest BCUT2D eigenvalue weighted by Crippen LogP contribution is 2.24. The third kappa shape index (κ3) is 3.67. The molecule has 0 spiro atoms. The fourth-order valence-electron chi connectivity index (χ4n) is 3.12. The summed E-state index contributed by atoms with van der Waals surface area (Å²) < 4.78 is 1.60. The number of ketones is 1. The normalized spacial score (nSPS) is 13.1. The first-order valence-electron chi connectivity index (χ1n) is 9.32. The molecular formula is C22H20N4O3. The van der Waals surface area contributed by atoms with Crippen LogP contribution in [-0.4, -0.2) is 33.6 Å². The smallest absolute Gasteiger partial charge is 0.251 e. The zero-order valence-electron chi connectivity index (χ0n) is 15.9. The van der Waals surface area contributed by atoms with Gasteiger partial charge in [-0.25, -0.2) is 4.98 Å². The summed E-state index contributed by atoms with van der Waals surface area (Å²) in [5, 5.41) is 2.96. The molecule has 7 nitrogen and oxygen atoms in total. The summed E-state index contributed by atoms with van der Waals surface area (Å²) >= 11 is 0. The van der Waals surface area contributed by atoms with Gasteiger partial charge in [-0.2, -0.15) is 0 Å². The third-order valence-corrected chi connectivity index (χ3v) is 4.95. The van der Waals surface area contributed by atoms with Gasteiger partial charge in [-0.3, -0.25) is 19.0 Å². The fourth-order valence-corrected chi connectivity index (χ4v) is 3.12. The summed E-state index contributed by atoms with van der Waals surface area (Å²) in [5.74, 6) is -0.325. The molecule has 1 aliphatic rings. The van der Waals surface area contributed by atoms with E-state index in [-0.39, 0.29) is 29.2 Å². The number of anilines is 1. The minimum atomic E-state index is -0.370. The molecular weight excluding hydrogens is 368 g/mol. The molecule has 0 atom stereocenters. The van der Waals surface area contributed by atoms with Gasteiger partial charge in [0.25, 0.3) is 5.91 Å². The van der Waals surface area contributed by atoms with E-state index in [2.05, 4.69) is 10.3 Å². The van der Waals surface area contributed by atoms with Crippen molar-refractivity contribution in [2.24, 2.45) is 0 Å². The molecule has 4 rings (SSSR count). The molecule has 0 radical (unpaired) electrons. The molecule has 1 heterocycles. The number of imidazole rings is 1. The molecule has 0 aliphatic heterocycles. The maximum Gasteiger partial charge on any atom is 0.251 e. The molecule has 29 heavy (non-hydrogen) atoms. The van der Waals surface area contributed by atoms with Crippen LogP contribution in [0.1, 0.15) is 55.2 Å². The predicted octanol–water partition coefficient (Wildman–Crippen LogP) is 2.70. The number of nitrogens with zero attached hydrogens (tertiary/aromatic N) is 2. The maximum atomic E-state index is 12.8. The Morgan fingerprint density at radius 2 is 1.97 bits per heavy atom. The largest absolute Gasteiger partial charge is 0.383 e. The first kappa shape index (κ1) is 18.6. The van der Waals surface area contributed by atoms with E-state index in [0.717, 1.165) is 18.4 Å². The van der Waals surface area contributed by atoms with Crippen molar-refractivity contribution in [1.82, 2.24) is 14.9 Å². The fraction of sp³-hybridized carbons (Fsp3) is 0.182. The van der Waals surface area contributed by atoms with Gasteiger partial charge in [-0.05, 0) is 43.5 Å². The van der Waals surface area contributed by atoms with E-state index in [0.29, 0.717) is 28.7 Å². The molecule has 0 unspecified atom stereocenters. The number of carbonyl (C=O) groups excluding carboxylic acids is 3. The lowest BCUT2D eigenvalue weighted by Gasteiger charge is -2.12. The molecule has 1 fully saturated rings. The van der Waals surface area contributed by atoms with Gasteiger partial charge in [0.2, 0.25) is 5.78 Å². The SMILES string of the molecule is Cc1ccc(C(=O)NC2CC2)cc1-n1cnc(C(=O)c2cccc(C=O)c2)c1N. The molecule has 1 saturated carbocycles. The lowest BCUT2D eigenvalue weighted by atomic mass is 10.1. The van der Waals surface area contributed by atoms with Crippen LogP contribution in [0, 0.1) is 6.92 Å². The van der Waals surface area contributed by atoms with Gasteiger partial charge >= 0.3 is 0 Å². The molecule has 1 amide bonds. The predicted molar refractivity (Wildman–Crippen MR) is 108 cm³/mol. The van der Waals surface area contributed by atoms with E-state index in [1.807, 2.05) is 13.0 Å². The van der Waals surface area contributed by atoms with Crippen LogP contribution in [0.2, 0.25) is 0 Å². The van der Waals surface area contributed by atoms with Gasteiger partial charge in [0.1, 0.15) is 18.4 Å². The summed E-state index contributed by atoms with van der Waals surface area (Å²) in [4.78, 5) is 40.4. The van der Waals surface area contributed by atoms with Crippen LogP contribution in [0.5, 0.6) is 0 Å². The lowest BCUT2D eigenvalue weighted by molar-refractivity contribution is 0.0950. The summed E-state index contributed by atoms with van der Waals surface area (Å²) in [6.45, 7) is 1.90. The Morgan fingerprint density at radius 3 is 2.69 bits per heavy atom. The Balaban J connectivity index is 1.68. The van der Waals surface area contributed by atoms with Crippen LogP contribution >= 0.6 is 0 Å². The number of nitrogens with two attached hydrogens (primary N) is 1. The number of amides is 1. The van der Waals surface area contributed by atoms with Gasteiger partial charge in [0, 0.05) is 22.7 Å². The first-order chi connectivity index (χ1) is 14.0. The number of rotatable bonds is 6. The topological polar surface area (TPSA) is 107 Å². The second-order valence-corrected chi connectivity index (χ2v) is 7.17. The second-order valence-electron chi connectivity index (χ2n) is 7.17. The average molecular weight is 388 g/mol. The molecule has 0 bridgehead atoms. The summed E-state index contributed by atoms with van der Waals surface area (Å²) in [5.41, 5.74) is 9.17. The van der Waals surface area contributed by atoms with Crippen molar-refractivity contribution < 1.29 is 14.4 Å². The first-order valence-corrected chi connectivity index (χ1v) is 9.32. The number of carbonyl (C=O) groups is 3. The Bertz CT molecular complexity index is 1130. The monoisotopic (exact) mass is 388 g/mol. The van der Waals surface area contributed by atoms with Crippen molar-refractivity contribution in [3.05, 3.63) is 76.7 Å². The van der Waals surface area contributed by atoms with Gasteiger partial charge in [-0.1, -0.05) is 24.3 Å². The molecule has 2 aromatic carbocycles. The van der Waals surface area contributed by atoms with E-state index >= 15 is 0 Å². The highest BCUT2D eigenvalue weighted by molar-refractivity contribution is 6.11. The van der Waals surface area contributed by atoms with E-state index in [4.69, 9.17) is 5.73 Å². The number of nitrogens with one attached hydrogen (secondary N) is 1. The van der Waals surface area contributed by atoms with Crippen molar-refractivity contribution in [3.8, 4) is 5.69 Å². The highest BCUT2D eigenvalue weighted by Gasteiger charge is 2.24. The highest BCUT2D eigenvalue weighted by atomic mass is 16.2. The summed E-state index contributed by atoms with van der Waals surface area (Å²) in [6, 6.07) is 12.0. The van der Waals surface area contributed by atoms with Crippen LogP contribution in [0.15, 0.2) is 48.8 Å². The van der Waals surface area contributed by atoms with Crippen molar-refractivity contribution >= 4 is 23.8 Å². The van der Waals surface area contributed by atoms with Crippen LogP contribution in [0.4, 0.5) is 5.82 Å². The van der Waals surface area contributed by atoms with Crippen molar-refractivity contribution in [2.45, 2.75) is 25.8 Å². The molecule has 1 aliphatic carbocycles. The number of benzene rings is 2. The minimum Gasteiger partial charge on any atom is -0.383 e. The van der Waals surface area contributed by atoms with Crippen LogP contribution < -0.4 is 11.1 Å². The van der Waals surface area contributed by atoms with Gasteiger partial charge in [0.05, 0.1) is 5.69 Å². The Hall–Kier alpha value is -3.74. The number of hydrogen-bond acceptors (Lipinski definition) is 5. The van der Waals surface area contributed by atoms with Gasteiger partial charge < -0.3 is 11.1 Å². The molecule has 3 N–H and O–H groups in total. The maximum absolute atomic E-state index is 12.8. The Kier molecular flexibility index (Phi) is 4.72. The number of aromatic nitrogens is 2. The zero-order chi connectivity index (χ0) is 20.5. The Morgan fingerprint density at radius 1 is 1.17 bits per heavy atom. The molecule has 0 saturated heterocycles. The van der Waals surface area contributed by atoms with Crippen LogP contribution in [0.3, 0.4) is 0 Å². The Labute approximate surface area is 167 Å². The van der Waals surface area contributed by atoms with Crippen LogP contribution in [-0.2, 0) is 0 Å². The quantitative estimate of drug-likeness (QED) is 0.499. The minimum absolute atomic E-state index is 0.0975. The number of nitrogen functional groups attached to an aromatic ring is 1. The van der Waals surface area contributed by atoms with Crippen LogP contribution in [0.25, 0.3) is 5.69 Å². The van der Waals surface area contributed by atoms with E-state index in [9.17, 15) is 14.4 Å². The van der Waals surface area contributed by atoms with Crippen molar-refractivity contribution in [1.29, 1.82) is 0 Å². The molecule has 146 valence electrons. The van der Waals surface area contributed by atoms with Crippen molar-refractivity contribution in [2.75, 3.05) is 5.73 Å². The molecule has 3 aromatic rings. The number of aryl methyl sites for hydroxylation is 1. The van der Waals surface area contributed by atoms with E-state index in [1.165, 1.54) is 12.4 Å². The molecule has 1 aromatic heterocycles.